The number of nitrogens with one attached hydrogen (secondary N) is 2. The van der Waals surface area contributed by atoms with Gasteiger partial charge in [0.2, 0.25) is 5.96 Å². The van der Waals surface area contributed by atoms with Gasteiger partial charge >= 0.3 is 0 Å². The predicted molar refractivity (Wildman–Crippen MR) is 66.6 cm³/mol. The Balaban J connectivity index is 0.000000963. The van der Waals surface area contributed by atoms with Crippen LogP contribution in [0.2, 0.25) is 0 Å². The normalized spacial score (nSPS) is 14.1. The zero-order chi connectivity index (χ0) is 10.1. The van der Waals surface area contributed by atoms with E-state index < -0.39 is 0 Å². The van der Waals surface area contributed by atoms with Crippen LogP contribution in [0.15, 0.2) is 35.5 Å². The second kappa shape index (κ2) is 4.40. The molecule has 0 atom stereocenters. The number of aromatic nitrogens is 2. The Morgan fingerprint density at radius 2 is 2.19 bits per heavy atom. The van der Waals surface area contributed by atoms with Crippen LogP contribution >= 0.6 is 12.4 Å². The Labute approximate surface area is 98.9 Å². The third-order valence-electron chi connectivity index (χ3n) is 2.31. The summed E-state index contributed by atoms with van der Waals surface area (Å²) in [4.78, 5) is 5.92. The molecule has 1 aromatic carbocycles. The van der Waals surface area contributed by atoms with Gasteiger partial charge in [0.1, 0.15) is 0 Å². The van der Waals surface area contributed by atoms with Gasteiger partial charge in [0, 0.05) is 11.9 Å². The van der Waals surface area contributed by atoms with Gasteiger partial charge in [0.25, 0.3) is 0 Å². The molecule has 5 nitrogen and oxygen atoms in total. The minimum atomic E-state index is 0. The second-order valence-corrected chi connectivity index (χ2v) is 3.40. The standard InChI is InChI=1S/C10H11N5.ClH/c1-2-4-9-8(3-1)7-15(13-9)14-10-11-5-6-12-10;/h1-4,7H,5-6H2,(H2,11,12,14);1H. The molecular weight excluding hydrogens is 226 g/mol. The van der Waals surface area contributed by atoms with E-state index in [0.717, 1.165) is 30.0 Å². The van der Waals surface area contributed by atoms with Crippen LogP contribution in [-0.4, -0.2) is 28.9 Å². The molecule has 0 saturated heterocycles. The zero-order valence-corrected chi connectivity index (χ0v) is 9.37. The van der Waals surface area contributed by atoms with E-state index in [0.29, 0.717) is 0 Å². The summed E-state index contributed by atoms with van der Waals surface area (Å²) in [7, 11) is 0. The lowest BCUT2D eigenvalue weighted by Crippen LogP contribution is -2.32. The molecule has 0 radical (unpaired) electrons. The van der Waals surface area contributed by atoms with Gasteiger partial charge in [-0.25, -0.2) is 10.4 Å². The topological polar surface area (TPSA) is 54.2 Å². The van der Waals surface area contributed by atoms with Crippen molar-refractivity contribution in [2.45, 2.75) is 0 Å². The monoisotopic (exact) mass is 237 g/mol. The van der Waals surface area contributed by atoms with Gasteiger partial charge in [-0.1, -0.05) is 18.2 Å². The van der Waals surface area contributed by atoms with Crippen LogP contribution < -0.4 is 10.7 Å². The number of hydrogen-bond acceptors (Lipinski definition) is 4. The van der Waals surface area contributed by atoms with E-state index in [9.17, 15) is 0 Å². The van der Waals surface area contributed by atoms with Gasteiger partial charge in [-0.2, -0.15) is 9.89 Å². The predicted octanol–water partition coefficient (Wildman–Crippen LogP) is 0.961. The molecule has 0 spiro atoms. The molecule has 0 aliphatic carbocycles. The first-order valence-corrected chi connectivity index (χ1v) is 4.91. The molecule has 2 N–H and O–H groups in total. The van der Waals surface area contributed by atoms with Gasteiger partial charge in [0.15, 0.2) is 0 Å². The summed E-state index contributed by atoms with van der Waals surface area (Å²) in [6.45, 7) is 1.71. The number of nitrogens with zero attached hydrogens (tertiary/aromatic N) is 3. The Kier molecular flexibility index (Phi) is 2.96. The molecule has 2 heterocycles. The van der Waals surface area contributed by atoms with Crippen molar-refractivity contribution in [1.82, 2.24) is 15.2 Å². The minimum absolute atomic E-state index is 0. The van der Waals surface area contributed by atoms with Crippen LogP contribution in [0.25, 0.3) is 10.9 Å². The minimum Gasteiger partial charge on any atom is -0.353 e. The van der Waals surface area contributed by atoms with Crippen LogP contribution in [0.3, 0.4) is 0 Å². The van der Waals surface area contributed by atoms with Crippen molar-refractivity contribution in [2.24, 2.45) is 4.99 Å². The quantitative estimate of drug-likeness (QED) is 0.777. The average molecular weight is 238 g/mol. The molecule has 0 saturated carbocycles. The van der Waals surface area contributed by atoms with E-state index >= 15 is 0 Å². The molecule has 0 unspecified atom stereocenters. The zero-order valence-electron chi connectivity index (χ0n) is 8.55. The number of halogens is 1. The Hall–Kier alpha value is -1.75. The summed E-state index contributed by atoms with van der Waals surface area (Å²) < 4.78 is 0. The molecule has 1 aliphatic rings. The molecule has 1 aromatic heterocycles. The number of guanidine groups is 1. The first-order valence-electron chi connectivity index (χ1n) is 4.91. The maximum Gasteiger partial charge on any atom is 0.212 e. The largest absolute Gasteiger partial charge is 0.353 e. The number of fused-ring (bicyclic) bond motifs is 1. The smallest absolute Gasteiger partial charge is 0.212 e. The first kappa shape index (κ1) is 10.8. The van der Waals surface area contributed by atoms with Crippen molar-refractivity contribution in [3.05, 3.63) is 30.5 Å². The summed E-state index contributed by atoms with van der Waals surface area (Å²) in [5.74, 6) is 0.780. The third-order valence-corrected chi connectivity index (χ3v) is 2.31. The summed E-state index contributed by atoms with van der Waals surface area (Å²) >= 11 is 0. The Bertz CT molecular complexity index is 486. The number of hydrogen-bond donors (Lipinski definition) is 2. The summed E-state index contributed by atoms with van der Waals surface area (Å²) in [5, 5.41) is 8.60. The highest BCUT2D eigenvalue weighted by atomic mass is 35.5. The maximum absolute atomic E-state index is 4.36. The van der Waals surface area contributed by atoms with Crippen LogP contribution in [0.4, 0.5) is 0 Å². The van der Waals surface area contributed by atoms with E-state index in [1.54, 1.807) is 4.79 Å². The lowest BCUT2D eigenvalue weighted by molar-refractivity contribution is 0.816. The van der Waals surface area contributed by atoms with Crippen molar-refractivity contribution >= 4 is 29.3 Å². The molecule has 3 rings (SSSR count). The highest BCUT2D eigenvalue weighted by Crippen LogP contribution is 2.09. The molecule has 84 valence electrons. The number of aliphatic imine (C=N–C) groups is 1. The van der Waals surface area contributed by atoms with Crippen molar-refractivity contribution in [2.75, 3.05) is 18.5 Å². The molecule has 0 amide bonds. The molecule has 0 bridgehead atoms. The third kappa shape index (κ3) is 1.94. The van der Waals surface area contributed by atoms with E-state index in [1.165, 1.54) is 0 Å². The lowest BCUT2D eigenvalue weighted by Gasteiger charge is -2.04. The Morgan fingerprint density at radius 1 is 1.31 bits per heavy atom. The van der Waals surface area contributed by atoms with Gasteiger partial charge in [-0.3, -0.25) is 0 Å². The van der Waals surface area contributed by atoms with Crippen LogP contribution in [-0.2, 0) is 0 Å². The lowest BCUT2D eigenvalue weighted by atomic mass is 10.3. The highest BCUT2D eigenvalue weighted by molar-refractivity contribution is 5.89. The van der Waals surface area contributed by atoms with Crippen molar-refractivity contribution in [1.29, 1.82) is 0 Å². The summed E-state index contributed by atoms with van der Waals surface area (Å²) in [5.41, 5.74) is 4.05. The van der Waals surface area contributed by atoms with Crippen molar-refractivity contribution < 1.29 is 0 Å². The fraction of sp³-hybridized carbons (Fsp3) is 0.200. The second-order valence-electron chi connectivity index (χ2n) is 3.40. The van der Waals surface area contributed by atoms with E-state index in [-0.39, 0.29) is 12.4 Å². The van der Waals surface area contributed by atoms with E-state index in [4.69, 9.17) is 0 Å². The molecule has 1 aliphatic heterocycles. The SMILES string of the molecule is Cl.c1ccc2nn(NC3=NCCN3)cc2c1. The number of benzene rings is 1. The summed E-state index contributed by atoms with van der Waals surface area (Å²) in [6.07, 6.45) is 1.94. The highest BCUT2D eigenvalue weighted by Gasteiger charge is 2.05. The molecule has 6 heteroatoms. The first-order chi connectivity index (χ1) is 7.42. The van der Waals surface area contributed by atoms with Gasteiger partial charge < -0.3 is 5.32 Å². The fourth-order valence-electron chi connectivity index (χ4n) is 1.60. The fourth-order valence-corrected chi connectivity index (χ4v) is 1.60. The van der Waals surface area contributed by atoms with E-state index in [2.05, 4.69) is 20.8 Å². The van der Waals surface area contributed by atoms with Gasteiger partial charge in [0.05, 0.1) is 18.3 Å². The van der Waals surface area contributed by atoms with Crippen LogP contribution in [0.5, 0.6) is 0 Å². The molecule has 2 aromatic rings. The van der Waals surface area contributed by atoms with Crippen molar-refractivity contribution in [3.8, 4) is 0 Å². The number of rotatable bonds is 1. The van der Waals surface area contributed by atoms with E-state index in [1.807, 2.05) is 30.5 Å². The Morgan fingerprint density at radius 3 is 2.94 bits per heavy atom. The molecule has 0 fully saturated rings. The molecule has 16 heavy (non-hydrogen) atoms. The van der Waals surface area contributed by atoms with Gasteiger partial charge in [-0.05, 0) is 6.07 Å². The summed E-state index contributed by atoms with van der Waals surface area (Å²) in [6, 6.07) is 7.99. The average Bonchev–Trinajstić information content (AvgIpc) is 2.86. The molecular formula is C10H12ClN5. The maximum atomic E-state index is 4.36. The van der Waals surface area contributed by atoms with Gasteiger partial charge in [-0.15, -0.1) is 12.4 Å². The van der Waals surface area contributed by atoms with Crippen LogP contribution in [0, 0.1) is 0 Å². The van der Waals surface area contributed by atoms with Crippen molar-refractivity contribution in [3.63, 3.8) is 0 Å². The van der Waals surface area contributed by atoms with Crippen LogP contribution in [0.1, 0.15) is 0 Å².